The van der Waals surface area contributed by atoms with Crippen molar-refractivity contribution in [2.45, 2.75) is 12.8 Å². The molecular weight excluding hydrogens is 334 g/mol. The fourth-order valence-corrected chi connectivity index (χ4v) is 3.12. The largest absolute Gasteiger partial charge is 0.504 e. The first-order valence-electron chi connectivity index (χ1n) is 6.94. The molecule has 1 saturated carbocycles. The molecular formula is C17H12ClNO3S. The molecule has 116 valence electrons. The summed E-state index contributed by atoms with van der Waals surface area (Å²) in [5, 5.41) is 12.6. The maximum absolute atomic E-state index is 12.3. The molecule has 1 aromatic heterocycles. The molecule has 0 radical (unpaired) electrons. The maximum atomic E-state index is 12.3. The summed E-state index contributed by atoms with van der Waals surface area (Å²) >= 11 is 7.05. The van der Waals surface area contributed by atoms with E-state index in [0.717, 1.165) is 0 Å². The van der Waals surface area contributed by atoms with E-state index in [1.54, 1.807) is 41.8 Å². The van der Waals surface area contributed by atoms with Crippen LogP contribution in [0.3, 0.4) is 0 Å². The van der Waals surface area contributed by atoms with E-state index in [9.17, 15) is 14.7 Å². The average molecular weight is 346 g/mol. The molecule has 0 unspecified atom stereocenters. The molecule has 4 nitrogen and oxygen atoms in total. The van der Waals surface area contributed by atoms with E-state index in [4.69, 9.17) is 11.6 Å². The molecule has 6 heteroatoms. The zero-order valence-corrected chi connectivity index (χ0v) is 13.5. The molecule has 0 bridgehead atoms. The van der Waals surface area contributed by atoms with Gasteiger partial charge in [-0.3, -0.25) is 14.6 Å². The summed E-state index contributed by atoms with van der Waals surface area (Å²) in [5.74, 6) is -1.34. The fraction of sp³-hybridized carbons (Fsp3) is 0.118. The monoisotopic (exact) mass is 345 g/mol. The van der Waals surface area contributed by atoms with E-state index >= 15 is 0 Å². The van der Waals surface area contributed by atoms with E-state index in [2.05, 4.69) is 4.99 Å². The van der Waals surface area contributed by atoms with Gasteiger partial charge in [0.1, 0.15) is 0 Å². The molecule has 1 aromatic carbocycles. The third-order valence-corrected chi connectivity index (χ3v) is 4.56. The minimum atomic E-state index is -0.547. The minimum Gasteiger partial charge on any atom is -0.504 e. The number of benzene rings is 1. The number of Topliss-reactive ketones (excluding diaryl/α,β-unsaturated/α-hetero) is 2. The normalized spacial score (nSPS) is 18.5. The molecule has 1 fully saturated rings. The van der Waals surface area contributed by atoms with Crippen LogP contribution in [-0.2, 0) is 4.79 Å². The first kappa shape index (κ1) is 15.6. The predicted octanol–water partition coefficient (Wildman–Crippen LogP) is 4.53. The summed E-state index contributed by atoms with van der Waals surface area (Å²) < 4.78 is 0. The second-order valence-corrected chi connectivity index (χ2v) is 6.37. The van der Waals surface area contributed by atoms with E-state index in [1.165, 1.54) is 11.3 Å². The number of aliphatic hydroxyl groups excluding tert-OH is 1. The molecule has 2 aromatic rings. The number of hydrogen-bond donors (Lipinski definition) is 1. The van der Waals surface area contributed by atoms with Gasteiger partial charge >= 0.3 is 0 Å². The van der Waals surface area contributed by atoms with Crippen molar-refractivity contribution in [3.05, 3.63) is 63.0 Å². The number of thiophene rings is 1. The van der Waals surface area contributed by atoms with Crippen LogP contribution in [0.15, 0.2) is 58.1 Å². The Bertz CT molecular complexity index is 820. The molecule has 23 heavy (non-hydrogen) atoms. The van der Waals surface area contributed by atoms with Crippen LogP contribution >= 0.6 is 22.9 Å². The lowest BCUT2D eigenvalue weighted by molar-refractivity contribution is -0.114. The van der Waals surface area contributed by atoms with Crippen LogP contribution in [0.2, 0.25) is 5.02 Å². The second-order valence-electron chi connectivity index (χ2n) is 4.99. The number of carbonyl (C=O) groups is 2. The third kappa shape index (κ3) is 3.25. The lowest BCUT2D eigenvalue weighted by Crippen LogP contribution is -2.11. The number of rotatable bonds is 3. The molecule has 0 saturated heterocycles. The van der Waals surface area contributed by atoms with Gasteiger partial charge in [-0.2, -0.15) is 0 Å². The van der Waals surface area contributed by atoms with Gasteiger partial charge in [0.05, 0.1) is 21.8 Å². The van der Waals surface area contributed by atoms with Crippen LogP contribution in [0.5, 0.6) is 0 Å². The molecule has 0 aliphatic heterocycles. The van der Waals surface area contributed by atoms with Gasteiger partial charge in [0, 0.05) is 11.4 Å². The molecule has 0 atom stereocenters. The first-order valence-corrected chi connectivity index (χ1v) is 8.20. The first-order chi connectivity index (χ1) is 11.1. The fourth-order valence-electron chi connectivity index (χ4n) is 2.33. The topological polar surface area (TPSA) is 66.7 Å². The average Bonchev–Trinajstić information content (AvgIpc) is 3.18. The maximum Gasteiger partial charge on any atom is 0.238 e. The van der Waals surface area contributed by atoms with Gasteiger partial charge in [0.15, 0.2) is 11.5 Å². The number of halogens is 1. The molecule has 3 rings (SSSR count). The SMILES string of the molecule is O=C1CCC(=Nc2ccc(Cl)cc2)/C1=C(\O)C(=O)c1cccs1. The molecule has 1 N–H and O–H groups in total. The number of aliphatic hydroxyl groups is 1. The van der Waals surface area contributed by atoms with E-state index in [1.807, 2.05) is 0 Å². The summed E-state index contributed by atoms with van der Waals surface area (Å²) in [6, 6.07) is 10.1. The van der Waals surface area contributed by atoms with Crippen molar-refractivity contribution >= 4 is 45.9 Å². The highest BCUT2D eigenvalue weighted by molar-refractivity contribution is 7.12. The predicted molar refractivity (Wildman–Crippen MR) is 91.1 cm³/mol. The van der Waals surface area contributed by atoms with Gasteiger partial charge in [-0.25, -0.2) is 0 Å². The number of hydrogen-bond acceptors (Lipinski definition) is 5. The second kappa shape index (κ2) is 6.48. The lowest BCUT2D eigenvalue weighted by Gasteiger charge is -2.04. The van der Waals surface area contributed by atoms with Crippen molar-refractivity contribution in [1.29, 1.82) is 0 Å². The Morgan fingerprint density at radius 3 is 2.57 bits per heavy atom. The van der Waals surface area contributed by atoms with Crippen molar-refractivity contribution in [1.82, 2.24) is 0 Å². The Morgan fingerprint density at radius 2 is 1.91 bits per heavy atom. The summed E-state index contributed by atoms with van der Waals surface area (Å²) in [6.07, 6.45) is 0.641. The molecule has 1 aliphatic rings. The highest BCUT2D eigenvalue weighted by Crippen LogP contribution is 2.27. The van der Waals surface area contributed by atoms with Crippen LogP contribution in [0.4, 0.5) is 5.69 Å². The Balaban J connectivity index is 2.01. The number of carbonyl (C=O) groups excluding carboxylic acids is 2. The Kier molecular flexibility index (Phi) is 4.41. The smallest absolute Gasteiger partial charge is 0.238 e. The molecule has 0 spiro atoms. The van der Waals surface area contributed by atoms with Gasteiger partial charge in [0.25, 0.3) is 0 Å². The van der Waals surface area contributed by atoms with Crippen molar-refractivity contribution in [2.24, 2.45) is 4.99 Å². The number of aliphatic imine (C=N–C) groups is 1. The van der Waals surface area contributed by atoms with Crippen LogP contribution < -0.4 is 0 Å². The molecule has 1 heterocycles. The van der Waals surface area contributed by atoms with Gasteiger partial charge in [-0.15, -0.1) is 11.3 Å². The van der Waals surface area contributed by atoms with E-state index < -0.39 is 11.5 Å². The summed E-state index contributed by atoms with van der Waals surface area (Å²) in [6.45, 7) is 0. The van der Waals surface area contributed by atoms with Crippen molar-refractivity contribution < 1.29 is 14.7 Å². The zero-order chi connectivity index (χ0) is 16.4. The Hall–Kier alpha value is -2.24. The van der Waals surface area contributed by atoms with Crippen molar-refractivity contribution in [2.75, 3.05) is 0 Å². The summed E-state index contributed by atoms with van der Waals surface area (Å²) in [5.41, 5.74) is 1.08. The van der Waals surface area contributed by atoms with E-state index in [0.29, 0.717) is 27.7 Å². The minimum absolute atomic E-state index is 0.0263. The zero-order valence-electron chi connectivity index (χ0n) is 12.0. The highest BCUT2D eigenvalue weighted by atomic mass is 35.5. The standard InChI is InChI=1S/C17H12ClNO3S/c18-10-3-5-11(6-4-10)19-12-7-8-13(20)15(12)17(22)16(21)14-2-1-9-23-14/h1-6,9,22H,7-8H2/b17-15+,19-12?. The molecule has 0 amide bonds. The number of ketones is 2. The number of nitrogens with zero attached hydrogens (tertiary/aromatic N) is 1. The van der Waals surface area contributed by atoms with Gasteiger partial charge in [0.2, 0.25) is 5.78 Å². The van der Waals surface area contributed by atoms with Crippen molar-refractivity contribution in [3.63, 3.8) is 0 Å². The van der Waals surface area contributed by atoms with E-state index in [-0.39, 0.29) is 17.8 Å². The van der Waals surface area contributed by atoms with Gasteiger partial charge < -0.3 is 5.11 Å². The van der Waals surface area contributed by atoms with Crippen LogP contribution in [0.1, 0.15) is 22.5 Å². The van der Waals surface area contributed by atoms with Gasteiger partial charge in [-0.05, 0) is 42.1 Å². The lowest BCUT2D eigenvalue weighted by atomic mass is 10.1. The van der Waals surface area contributed by atoms with Crippen molar-refractivity contribution in [3.8, 4) is 0 Å². The van der Waals surface area contributed by atoms with Crippen LogP contribution in [-0.4, -0.2) is 22.4 Å². The Labute approximate surface area is 141 Å². The number of allylic oxidation sites excluding steroid dienone is 2. The molecule has 1 aliphatic carbocycles. The summed E-state index contributed by atoms with van der Waals surface area (Å²) in [7, 11) is 0. The highest BCUT2D eigenvalue weighted by Gasteiger charge is 2.31. The Morgan fingerprint density at radius 1 is 1.17 bits per heavy atom. The van der Waals surface area contributed by atoms with Gasteiger partial charge in [-0.1, -0.05) is 17.7 Å². The summed E-state index contributed by atoms with van der Waals surface area (Å²) in [4.78, 5) is 29.1. The van der Waals surface area contributed by atoms with Crippen LogP contribution in [0, 0.1) is 0 Å². The third-order valence-electron chi connectivity index (χ3n) is 3.44. The van der Waals surface area contributed by atoms with Crippen LogP contribution in [0.25, 0.3) is 0 Å². The quantitative estimate of drug-likeness (QED) is 0.505.